The summed E-state index contributed by atoms with van der Waals surface area (Å²) in [5.41, 5.74) is 0.729. The van der Waals surface area contributed by atoms with Crippen molar-refractivity contribution in [3.05, 3.63) is 35.9 Å². The lowest BCUT2D eigenvalue weighted by Crippen LogP contribution is -2.42. The molecule has 0 unspecified atom stereocenters. The van der Waals surface area contributed by atoms with Gasteiger partial charge in [-0.1, -0.05) is 30.3 Å². The Balaban J connectivity index is 1.53. The zero-order chi connectivity index (χ0) is 16.9. The molecule has 3 aliphatic rings. The van der Waals surface area contributed by atoms with Crippen molar-refractivity contribution in [3.63, 3.8) is 0 Å². The SMILES string of the molecule is CS(=O)(=O)N[C@@H]1CN(C(=O)C2(c3ccccc3)CC2)C[C@H]1C1CC1. The molecule has 2 aliphatic carbocycles. The normalized spacial score (nSPS) is 28.8. The molecular weight excluding hydrogens is 324 g/mol. The molecule has 0 bridgehead atoms. The van der Waals surface area contributed by atoms with Gasteiger partial charge in [-0.2, -0.15) is 0 Å². The van der Waals surface area contributed by atoms with Crippen molar-refractivity contribution < 1.29 is 13.2 Å². The summed E-state index contributed by atoms with van der Waals surface area (Å²) >= 11 is 0. The number of sulfonamides is 1. The molecule has 1 heterocycles. The van der Waals surface area contributed by atoms with Gasteiger partial charge >= 0.3 is 0 Å². The fourth-order valence-corrected chi connectivity index (χ4v) is 5.01. The highest BCUT2D eigenvalue weighted by Gasteiger charge is 2.55. The molecule has 1 saturated heterocycles. The average Bonchev–Trinajstić information content (AvgIpc) is 3.45. The first-order chi connectivity index (χ1) is 11.4. The minimum absolute atomic E-state index is 0.136. The van der Waals surface area contributed by atoms with Crippen LogP contribution in [0.4, 0.5) is 0 Å². The van der Waals surface area contributed by atoms with E-state index < -0.39 is 10.0 Å². The number of carbonyl (C=O) groups excluding carboxylic acids is 1. The van der Waals surface area contributed by atoms with E-state index in [1.165, 1.54) is 6.26 Å². The first-order valence-corrected chi connectivity index (χ1v) is 10.6. The van der Waals surface area contributed by atoms with Gasteiger partial charge in [0.05, 0.1) is 11.7 Å². The quantitative estimate of drug-likeness (QED) is 0.877. The molecule has 0 radical (unpaired) electrons. The van der Waals surface area contributed by atoms with Crippen LogP contribution >= 0.6 is 0 Å². The molecular formula is C18H24N2O3S. The Labute approximate surface area is 143 Å². The fourth-order valence-electron chi connectivity index (χ4n) is 4.21. The third-order valence-electron chi connectivity index (χ3n) is 5.73. The lowest BCUT2D eigenvalue weighted by molar-refractivity contribution is -0.133. The summed E-state index contributed by atoms with van der Waals surface area (Å²) in [6, 6.07) is 9.86. The van der Waals surface area contributed by atoms with Crippen LogP contribution in [0, 0.1) is 11.8 Å². The van der Waals surface area contributed by atoms with Crippen LogP contribution in [0.15, 0.2) is 30.3 Å². The molecule has 130 valence electrons. The van der Waals surface area contributed by atoms with Crippen LogP contribution in [0.1, 0.15) is 31.2 Å². The summed E-state index contributed by atoms with van der Waals surface area (Å²) in [6.45, 7) is 1.19. The number of nitrogens with zero attached hydrogens (tertiary/aromatic N) is 1. The second-order valence-corrected chi connectivity index (χ2v) is 9.44. The van der Waals surface area contributed by atoms with E-state index in [0.717, 1.165) is 31.2 Å². The summed E-state index contributed by atoms with van der Waals surface area (Å²) in [7, 11) is -3.26. The van der Waals surface area contributed by atoms with Gasteiger partial charge in [-0.15, -0.1) is 0 Å². The Morgan fingerprint density at radius 3 is 2.38 bits per heavy atom. The zero-order valence-corrected chi connectivity index (χ0v) is 14.8. The van der Waals surface area contributed by atoms with E-state index in [9.17, 15) is 13.2 Å². The number of benzene rings is 1. The Bertz CT molecular complexity index is 739. The van der Waals surface area contributed by atoms with Crippen LogP contribution in [0.25, 0.3) is 0 Å². The third kappa shape index (κ3) is 2.97. The van der Waals surface area contributed by atoms with Crippen LogP contribution in [0.3, 0.4) is 0 Å². The monoisotopic (exact) mass is 348 g/mol. The van der Waals surface area contributed by atoms with Gasteiger partial charge in [-0.05, 0) is 43.1 Å². The van der Waals surface area contributed by atoms with Crippen LogP contribution in [-0.2, 0) is 20.2 Å². The predicted molar refractivity (Wildman–Crippen MR) is 91.9 cm³/mol. The maximum absolute atomic E-state index is 13.2. The second kappa shape index (κ2) is 5.56. The van der Waals surface area contributed by atoms with Crippen LogP contribution in [0.2, 0.25) is 0 Å². The molecule has 2 atom stereocenters. The van der Waals surface area contributed by atoms with Gasteiger partial charge in [0.25, 0.3) is 0 Å². The highest BCUT2D eigenvalue weighted by Crippen LogP contribution is 2.51. The zero-order valence-electron chi connectivity index (χ0n) is 13.9. The standard InChI is InChI=1S/C18H24N2O3S/c1-24(22,23)19-16-12-20(11-15(16)13-7-8-13)17(21)18(9-10-18)14-5-3-2-4-6-14/h2-6,13,15-16,19H,7-12H2,1H3/t15-,16+/m0/s1. The lowest BCUT2D eigenvalue weighted by Gasteiger charge is -2.23. The highest BCUT2D eigenvalue weighted by molar-refractivity contribution is 7.88. The molecule has 1 aliphatic heterocycles. The molecule has 4 rings (SSSR count). The minimum Gasteiger partial charge on any atom is -0.340 e. The van der Waals surface area contributed by atoms with Gasteiger partial charge in [0.15, 0.2) is 0 Å². The molecule has 1 N–H and O–H groups in total. The number of likely N-dealkylation sites (tertiary alicyclic amines) is 1. The smallest absolute Gasteiger partial charge is 0.233 e. The highest BCUT2D eigenvalue weighted by atomic mass is 32.2. The number of rotatable bonds is 5. The lowest BCUT2D eigenvalue weighted by atomic mass is 9.94. The molecule has 5 nitrogen and oxygen atoms in total. The molecule has 2 saturated carbocycles. The molecule has 6 heteroatoms. The molecule has 24 heavy (non-hydrogen) atoms. The van der Waals surface area contributed by atoms with Gasteiger partial charge in [0.1, 0.15) is 0 Å². The Kier molecular flexibility index (Phi) is 3.73. The van der Waals surface area contributed by atoms with E-state index in [0.29, 0.717) is 19.0 Å². The van der Waals surface area contributed by atoms with Gasteiger partial charge < -0.3 is 4.90 Å². The van der Waals surface area contributed by atoms with E-state index >= 15 is 0 Å². The number of amides is 1. The molecule has 1 aromatic rings. The van der Waals surface area contributed by atoms with Crippen LogP contribution in [0.5, 0.6) is 0 Å². The van der Waals surface area contributed by atoms with Crippen molar-refractivity contribution in [3.8, 4) is 0 Å². The summed E-state index contributed by atoms with van der Waals surface area (Å²) in [6.07, 6.45) is 5.29. The van der Waals surface area contributed by atoms with Crippen molar-refractivity contribution in [1.29, 1.82) is 0 Å². The maximum Gasteiger partial charge on any atom is 0.233 e. The number of carbonyl (C=O) groups is 1. The van der Waals surface area contributed by atoms with Crippen molar-refractivity contribution >= 4 is 15.9 Å². The van der Waals surface area contributed by atoms with Gasteiger partial charge in [0, 0.05) is 19.1 Å². The topological polar surface area (TPSA) is 66.5 Å². The molecule has 3 fully saturated rings. The van der Waals surface area contributed by atoms with Crippen LogP contribution in [-0.4, -0.2) is 44.6 Å². The van der Waals surface area contributed by atoms with E-state index in [1.54, 1.807) is 0 Å². The Morgan fingerprint density at radius 2 is 1.83 bits per heavy atom. The molecule has 1 amide bonds. The van der Waals surface area contributed by atoms with Crippen molar-refractivity contribution in [1.82, 2.24) is 9.62 Å². The summed E-state index contributed by atoms with van der Waals surface area (Å²) in [5.74, 6) is 1.00. The number of hydrogen-bond donors (Lipinski definition) is 1. The molecule has 0 spiro atoms. The predicted octanol–water partition coefficient (Wildman–Crippen LogP) is 1.50. The summed E-state index contributed by atoms with van der Waals surface area (Å²) < 4.78 is 26.1. The van der Waals surface area contributed by atoms with Gasteiger partial charge in [-0.3, -0.25) is 4.79 Å². The van der Waals surface area contributed by atoms with Crippen LogP contribution < -0.4 is 4.72 Å². The van der Waals surface area contributed by atoms with E-state index in [4.69, 9.17) is 0 Å². The van der Waals surface area contributed by atoms with E-state index in [-0.39, 0.29) is 23.3 Å². The number of hydrogen-bond acceptors (Lipinski definition) is 3. The van der Waals surface area contributed by atoms with Crippen molar-refractivity contribution in [2.45, 2.75) is 37.1 Å². The van der Waals surface area contributed by atoms with Crippen molar-refractivity contribution in [2.24, 2.45) is 11.8 Å². The molecule has 1 aromatic carbocycles. The fraction of sp³-hybridized carbons (Fsp3) is 0.611. The van der Waals surface area contributed by atoms with Gasteiger partial charge in [-0.25, -0.2) is 13.1 Å². The van der Waals surface area contributed by atoms with E-state index in [2.05, 4.69) is 4.72 Å². The average molecular weight is 348 g/mol. The molecule has 0 aromatic heterocycles. The van der Waals surface area contributed by atoms with Gasteiger partial charge in [0.2, 0.25) is 15.9 Å². The largest absolute Gasteiger partial charge is 0.340 e. The maximum atomic E-state index is 13.2. The summed E-state index contributed by atoms with van der Waals surface area (Å²) in [4.78, 5) is 15.1. The second-order valence-electron chi connectivity index (χ2n) is 7.66. The summed E-state index contributed by atoms with van der Waals surface area (Å²) in [5, 5.41) is 0. The Morgan fingerprint density at radius 1 is 1.17 bits per heavy atom. The van der Waals surface area contributed by atoms with Crippen molar-refractivity contribution in [2.75, 3.05) is 19.3 Å². The minimum atomic E-state index is -3.26. The Hall–Kier alpha value is -1.40. The van der Waals surface area contributed by atoms with E-state index in [1.807, 2.05) is 35.2 Å². The first-order valence-electron chi connectivity index (χ1n) is 8.71. The first kappa shape index (κ1) is 16.1. The number of nitrogens with one attached hydrogen (secondary N) is 1. The third-order valence-corrected chi connectivity index (χ3v) is 6.46.